The summed E-state index contributed by atoms with van der Waals surface area (Å²) in [5.74, 6) is 0.466. The van der Waals surface area contributed by atoms with Crippen LogP contribution in [0, 0.1) is 0 Å². The fourth-order valence-corrected chi connectivity index (χ4v) is 2.03. The van der Waals surface area contributed by atoms with E-state index in [4.69, 9.17) is 16.3 Å². The first-order chi connectivity index (χ1) is 12.8. The van der Waals surface area contributed by atoms with Crippen LogP contribution in [0.25, 0.3) is 0 Å². The summed E-state index contributed by atoms with van der Waals surface area (Å²) in [5.41, 5.74) is 0.551. The van der Waals surface area contributed by atoms with E-state index in [0.717, 1.165) is 0 Å². The molecule has 0 aliphatic rings. The van der Waals surface area contributed by atoms with Crippen LogP contribution in [0.15, 0.2) is 42.6 Å². The SMILES string of the molecule is O=C(NCCOc1ccc(Cl)cc1)NCc1ccnc(OCC(F)(F)F)c1. The van der Waals surface area contributed by atoms with Crippen molar-refractivity contribution in [2.75, 3.05) is 19.8 Å². The van der Waals surface area contributed by atoms with Crippen molar-refractivity contribution in [2.24, 2.45) is 0 Å². The number of halogens is 4. The van der Waals surface area contributed by atoms with Crippen LogP contribution in [-0.2, 0) is 6.54 Å². The number of pyridine rings is 1. The molecular formula is C17H17ClF3N3O3. The van der Waals surface area contributed by atoms with Gasteiger partial charge in [-0.2, -0.15) is 13.2 Å². The molecule has 2 aromatic rings. The monoisotopic (exact) mass is 403 g/mol. The normalized spacial score (nSPS) is 11.0. The minimum absolute atomic E-state index is 0.106. The van der Waals surface area contributed by atoms with E-state index < -0.39 is 18.8 Å². The number of nitrogens with zero attached hydrogens (tertiary/aromatic N) is 1. The van der Waals surface area contributed by atoms with Crippen molar-refractivity contribution in [3.63, 3.8) is 0 Å². The van der Waals surface area contributed by atoms with Crippen molar-refractivity contribution in [1.82, 2.24) is 15.6 Å². The van der Waals surface area contributed by atoms with Gasteiger partial charge in [0, 0.05) is 23.8 Å². The molecule has 146 valence electrons. The van der Waals surface area contributed by atoms with Gasteiger partial charge >= 0.3 is 12.2 Å². The zero-order valence-electron chi connectivity index (χ0n) is 14.1. The van der Waals surface area contributed by atoms with Gasteiger partial charge in [0.2, 0.25) is 5.88 Å². The lowest BCUT2D eigenvalue weighted by molar-refractivity contribution is -0.154. The molecule has 0 bridgehead atoms. The van der Waals surface area contributed by atoms with E-state index in [1.807, 2.05) is 0 Å². The predicted octanol–water partition coefficient (Wildman–Crippen LogP) is 3.55. The van der Waals surface area contributed by atoms with Crippen LogP contribution in [0.3, 0.4) is 0 Å². The van der Waals surface area contributed by atoms with Gasteiger partial charge in [-0.05, 0) is 35.9 Å². The minimum atomic E-state index is -4.44. The number of hydrogen-bond donors (Lipinski definition) is 2. The fraction of sp³-hybridized carbons (Fsp3) is 0.294. The average molecular weight is 404 g/mol. The number of ether oxygens (including phenoxy) is 2. The highest BCUT2D eigenvalue weighted by Gasteiger charge is 2.28. The summed E-state index contributed by atoms with van der Waals surface area (Å²) in [7, 11) is 0. The Balaban J connectivity index is 1.67. The highest BCUT2D eigenvalue weighted by molar-refractivity contribution is 6.30. The van der Waals surface area contributed by atoms with Crippen molar-refractivity contribution < 1.29 is 27.4 Å². The standard InChI is InChI=1S/C17H17ClF3N3O3/c18-13-1-3-14(4-2-13)26-8-7-23-16(25)24-10-12-5-6-22-15(9-12)27-11-17(19,20)21/h1-6,9H,7-8,10-11H2,(H2,23,24,25). The highest BCUT2D eigenvalue weighted by atomic mass is 35.5. The van der Waals surface area contributed by atoms with Crippen molar-refractivity contribution >= 4 is 17.6 Å². The Kier molecular flexibility index (Phi) is 7.54. The number of nitrogens with one attached hydrogen (secondary N) is 2. The molecule has 0 radical (unpaired) electrons. The van der Waals surface area contributed by atoms with E-state index >= 15 is 0 Å². The molecule has 0 aliphatic carbocycles. The van der Waals surface area contributed by atoms with E-state index in [2.05, 4.69) is 20.4 Å². The maximum Gasteiger partial charge on any atom is 0.422 e. The third-order valence-corrected chi connectivity index (χ3v) is 3.36. The zero-order valence-corrected chi connectivity index (χ0v) is 14.8. The number of rotatable bonds is 8. The highest BCUT2D eigenvalue weighted by Crippen LogP contribution is 2.17. The molecule has 0 unspecified atom stereocenters. The van der Waals surface area contributed by atoms with Gasteiger partial charge in [0.1, 0.15) is 12.4 Å². The Morgan fingerprint density at radius 2 is 1.85 bits per heavy atom. The summed E-state index contributed by atoms with van der Waals surface area (Å²) in [5, 5.41) is 5.77. The molecule has 2 amide bonds. The maximum absolute atomic E-state index is 12.1. The van der Waals surface area contributed by atoms with Crippen LogP contribution in [0.4, 0.5) is 18.0 Å². The summed E-state index contributed by atoms with van der Waals surface area (Å²) in [4.78, 5) is 15.4. The van der Waals surface area contributed by atoms with Crippen molar-refractivity contribution in [3.05, 3.63) is 53.2 Å². The number of urea groups is 1. The molecule has 1 heterocycles. The van der Waals surface area contributed by atoms with Gasteiger partial charge in [0.25, 0.3) is 0 Å². The second-order valence-electron chi connectivity index (χ2n) is 5.32. The number of carbonyl (C=O) groups is 1. The van der Waals surface area contributed by atoms with Gasteiger partial charge in [0.15, 0.2) is 6.61 Å². The summed E-state index contributed by atoms with van der Waals surface area (Å²) >= 11 is 5.76. The number of hydrogen-bond acceptors (Lipinski definition) is 4. The van der Waals surface area contributed by atoms with Crippen LogP contribution in [0.2, 0.25) is 5.02 Å². The van der Waals surface area contributed by atoms with Gasteiger partial charge in [-0.25, -0.2) is 9.78 Å². The molecule has 10 heteroatoms. The van der Waals surface area contributed by atoms with Gasteiger partial charge in [0.05, 0.1) is 6.54 Å². The smallest absolute Gasteiger partial charge is 0.422 e. The van der Waals surface area contributed by atoms with Crippen LogP contribution < -0.4 is 20.1 Å². The van der Waals surface area contributed by atoms with Gasteiger partial charge in [-0.15, -0.1) is 0 Å². The van der Waals surface area contributed by atoms with E-state index in [-0.39, 0.29) is 25.6 Å². The third kappa shape index (κ3) is 8.50. The lowest BCUT2D eigenvalue weighted by Gasteiger charge is -2.11. The van der Waals surface area contributed by atoms with Crippen molar-refractivity contribution in [3.8, 4) is 11.6 Å². The first kappa shape index (κ1) is 20.6. The summed E-state index contributed by atoms with van der Waals surface area (Å²) in [6, 6.07) is 9.26. The topological polar surface area (TPSA) is 72.5 Å². The largest absolute Gasteiger partial charge is 0.492 e. The van der Waals surface area contributed by atoms with Gasteiger partial charge < -0.3 is 20.1 Å². The lowest BCUT2D eigenvalue weighted by Crippen LogP contribution is -2.37. The van der Waals surface area contributed by atoms with E-state index in [9.17, 15) is 18.0 Å². The number of amides is 2. The predicted molar refractivity (Wildman–Crippen MR) is 93.0 cm³/mol. The van der Waals surface area contributed by atoms with Crippen molar-refractivity contribution in [1.29, 1.82) is 0 Å². The molecule has 0 atom stereocenters. The molecule has 0 spiro atoms. The fourth-order valence-electron chi connectivity index (χ4n) is 1.90. The Hall–Kier alpha value is -2.68. The molecule has 0 aliphatic heterocycles. The van der Waals surface area contributed by atoms with Crippen LogP contribution in [0.1, 0.15) is 5.56 Å². The van der Waals surface area contributed by atoms with Crippen LogP contribution >= 0.6 is 11.6 Å². The first-order valence-corrected chi connectivity index (χ1v) is 8.24. The van der Waals surface area contributed by atoms with Crippen LogP contribution in [-0.4, -0.2) is 36.9 Å². The minimum Gasteiger partial charge on any atom is -0.492 e. The first-order valence-electron chi connectivity index (χ1n) is 7.86. The molecular weight excluding hydrogens is 387 g/mol. The zero-order chi connectivity index (χ0) is 19.7. The lowest BCUT2D eigenvalue weighted by atomic mass is 10.2. The maximum atomic E-state index is 12.1. The average Bonchev–Trinajstić information content (AvgIpc) is 2.63. The van der Waals surface area contributed by atoms with E-state index in [1.54, 1.807) is 30.3 Å². The second-order valence-corrected chi connectivity index (χ2v) is 5.75. The van der Waals surface area contributed by atoms with Crippen molar-refractivity contribution in [2.45, 2.75) is 12.7 Å². The molecule has 2 rings (SSSR count). The molecule has 0 saturated heterocycles. The molecule has 1 aromatic carbocycles. The van der Waals surface area contributed by atoms with E-state index in [1.165, 1.54) is 12.3 Å². The quantitative estimate of drug-likeness (QED) is 0.661. The van der Waals surface area contributed by atoms with Gasteiger partial charge in [-0.3, -0.25) is 0 Å². The number of carbonyl (C=O) groups excluding carboxylic acids is 1. The molecule has 27 heavy (non-hydrogen) atoms. The van der Waals surface area contributed by atoms with Crippen LogP contribution in [0.5, 0.6) is 11.6 Å². The summed E-state index contributed by atoms with van der Waals surface area (Å²) in [6.07, 6.45) is -3.13. The second kappa shape index (κ2) is 9.86. The molecule has 0 saturated carbocycles. The Bertz CT molecular complexity index is 742. The van der Waals surface area contributed by atoms with Gasteiger partial charge in [-0.1, -0.05) is 11.6 Å². The summed E-state index contributed by atoms with van der Waals surface area (Å²) < 4.78 is 46.4. The molecule has 6 nitrogen and oxygen atoms in total. The van der Waals surface area contributed by atoms with E-state index in [0.29, 0.717) is 16.3 Å². The summed E-state index contributed by atoms with van der Waals surface area (Å²) in [6.45, 7) is -0.787. The molecule has 1 aromatic heterocycles. The molecule has 2 N–H and O–H groups in total. The number of aromatic nitrogens is 1. The number of benzene rings is 1. The third-order valence-electron chi connectivity index (χ3n) is 3.11. The molecule has 0 fully saturated rings. The number of alkyl halides is 3. The Morgan fingerprint density at radius 3 is 2.56 bits per heavy atom. The Morgan fingerprint density at radius 1 is 1.11 bits per heavy atom. The Labute approximate surface area is 158 Å².